The number of methoxy groups -OCH3 is 2. The van der Waals surface area contributed by atoms with Crippen molar-refractivity contribution in [3.05, 3.63) is 0 Å². The second kappa shape index (κ2) is 7.08. The predicted molar refractivity (Wildman–Crippen MR) is 65.4 cm³/mol. The van der Waals surface area contributed by atoms with E-state index in [4.69, 9.17) is 4.74 Å². The van der Waals surface area contributed by atoms with Crippen LogP contribution in [0.25, 0.3) is 0 Å². The fraction of sp³-hybridized carbons (Fsp3) is 0.750. The molecule has 1 aliphatic rings. The number of alkyl carbamates (subject to hydrolysis) is 1. The van der Waals surface area contributed by atoms with E-state index >= 15 is 0 Å². The lowest BCUT2D eigenvalue weighted by atomic mass is 9.96. The molecule has 1 heterocycles. The largest absolute Gasteiger partial charge is 0.469 e. The third-order valence-electron chi connectivity index (χ3n) is 3.58. The van der Waals surface area contributed by atoms with Gasteiger partial charge in [-0.25, -0.2) is 4.79 Å². The molecule has 0 unspecified atom stereocenters. The van der Waals surface area contributed by atoms with Crippen LogP contribution in [0.1, 0.15) is 19.8 Å². The van der Waals surface area contributed by atoms with E-state index in [9.17, 15) is 14.4 Å². The molecule has 7 heteroatoms. The third-order valence-corrected chi connectivity index (χ3v) is 3.58. The highest BCUT2D eigenvalue weighted by atomic mass is 16.5. The van der Waals surface area contributed by atoms with Crippen LogP contribution in [0, 0.1) is 5.92 Å². The molecule has 0 aromatic carbocycles. The number of hydrogen-bond acceptors (Lipinski definition) is 5. The highest BCUT2D eigenvalue weighted by Crippen LogP contribution is 2.11. The molecule has 108 valence electrons. The smallest absolute Gasteiger partial charge is 0.413 e. The van der Waals surface area contributed by atoms with Gasteiger partial charge in [0.1, 0.15) is 0 Å². The van der Waals surface area contributed by atoms with E-state index in [0.29, 0.717) is 25.9 Å². The molecule has 2 N–H and O–H groups in total. The molecule has 0 bridgehead atoms. The molecule has 0 aromatic rings. The number of carbonyl (C=O) groups is 3. The van der Waals surface area contributed by atoms with E-state index in [1.165, 1.54) is 14.2 Å². The normalized spacial score (nSPS) is 24.2. The standard InChI is InChI=1S/C12H20N2O5/c1-8(10(15)13-12(17)19-3)14-6-4-9(5-7-14)11(16)18-2/h8-9H,4-7H2,1-3H3,(H,13,15,17)/p+1/t8-/m0/s1. The lowest BCUT2D eigenvalue weighted by molar-refractivity contribution is -0.919. The van der Waals surface area contributed by atoms with Gasteiger partial charge in [-0.15, -0.1) is 0 Å². The summed E-state index contributed by atoms with van der Waals surface area (Å²) in [5.41, 5.74) is 0. The molecular weight excluding hydrogens is 252 g/mol. The van der Waals surface area contributed by atoms with Gasteiger partial charge in [0.05, 0.1) is 33.2 Å². The third kappa shape index (κ3) is 4.20. The van der Waals surface area contributed by atoms with E-state index in [1.807, 2.05) is 0 Å². The van der Waals surface area contributed by atoms with Gasteiger partial charge in [0, 0.05) is 12.8 Å². The number of esters is 1. The average molecular weight is 273 g/mol. The molecule has 0 aliphatic carbocycles. The van der Waals surface area contributed by atoms with E-state index in [2.05, 4.69) is 10.1 Å². The van der Waals surface area contributed by atoms with Gasteiger partial charge >= 0.3 is 12.1 Å². The van der Waals surface area contributed by atoms with Crippen molar-refractivity contribution < 1.29 is 28.8 Å². The van der Waals surface area contributed by atoms with Crippen molar-refractivity contribution in [2.45, 2.75) is 25.8 Å². The van der Waals surface area contributed by atoms with Gasteiger partial charge in [0.2, 0.25) is 0 Å². The first-order valence-corrected chi connectivity index (χ1v) is 6.30. The van der Waals surface area contributed by atoms with Crippen molar-refractivity contribution in [3.63, 3.8) is 0 Å². The van der Waals surface area contributed by atoms with E-state index in [-0.39, 0.29) is 23.8 Å². The Balaban J connectivity index is 2.44. The van der Waals surface area contributed by atoms with Crippen molar-refractivity contribution in [3.8, 4) is 0 Å². The van der Waals surface area contributed by atoms with Crippen LogP contribution in [0.4, 0.5) is 4.79 Å². The van der Waals surface area contributed by atoms with Gasteiger partial charge in [-0.1, -0.05) is 0 Å². The number of imide groups is 1. The van der Waals surface area contributed by atoms with E-state index in [1.54, 1.807) is 6.92 Å². The summed E-state index contributed by atoms with van der Waals surface area (Å²) in [7, 11) is 2.59. The molecule has 1 atom stereocenters. The summed E-state index contributed by atoms with van der Waals surface area (Å²) < 4.78 is 9.09. The molecule has 1 saturated heterocycles. The number of likely N-dealkylation sites (tertiary alicyclic amines) is 1. The zero-order valence-electron chi connectivity index (χ0n) is 11.5. The van der Waals surface area contributed by atoms with Crippen LogP contribution in [0.2, 0.25) is 0 Å². The molecule has 0 saturated carbocycles. The number of piperidine rings is 1. The lowest BCUT2D eigenvalue weighted by Gasteiger charge is -2.31. The maximum Gasteiger partial charge on any atom is 0.413 e. The Kier molecular flexibility index (Phi) is 5.75. The molecule has 0 aromatic heterocycles. The molecule has 2 amide bonds. The molecule has 0 radical (unpaired) electrons. The number of ether oxygens (including phenoxy) is 2. The molecule has 1 aliphatic heterocycles. The number of hydrogen-bond donors (Lipinski definition) is 2. The minimum Gasteiger partial charge on any atom is -0.469 e. The summed E-state index contributed by atoms with van der Waals surface area (Å²) >= 11 is 0. The fourth-order valence-corrected chi connectivity index (χ4v) is 2.27. The second-order valence-corrected chi connectivity index (χ2v) is 4.66. The van der Waals surface area contributed by atoms with Crippen molar-refractivity contribution >= 4 is 18.0 Å². The van der Waals surface area contributed by atoms with Crippen molar-refractivity contribution in [2.24, 2.45) is 5.92 Å². The summed E-state index contributed by atoms with van der Waals surface area (Å²) in [6.45, 7) is 3.16. The van der Waals surface area contributed by atoms with Crippen LogP contribution in [-0.4, -0.2) is 51.3 Å². The average Bonchev–Trinajstić information content (AvgIpc) is 2.45. The SMILES string of the molecule is COC(=O)NC(=O)[C@H](C)[NH+]1CCC(C(=O)OC)CC1. The molecule has 19 heavy (non-hydrogen) atoms. The van der Waals surface area contributed by atoms with Crippen LogP contribution in [0.5, 0.6) is 0 Å². The number of rotatable bonds is 3. The van der Waals surface area contributed by atoms with Gasteiger partial charge < -0.3 is 14.4 Å². The quantitative estimate of drug-likeness (QED) is 0.626. The van der Waals surface area contributed by atoms with Gasteiger partial charge in [0.15, 0.2) is 6.04 Å². The summed E-state index contributed by atoms with van der Waals surface area (Å²) in [5, 5.41) is 2.16. The Morgan fingerprint density at radius 1 is 1.16 bits per heavy atom. The van der Waals surface area contributed by atoms with Crippen LogP contribution < -0.4 is 10.2 Å². The summed E-state index contributed by atoms with van der Waals surface area (Å²) in [6.07, 6.45) is 0.635. The molecule has 7 nitrogen and oxygen atoms in total. The Morgan fingerprint density at radius 3 is 2.21 bits per heavy atom. The van der Waals surface area contributed by atoms with Crippen molar-refractivity contribution in [2.75, 3.05) is 27.3 Å². The van der Waals surface area contributed by atoms with Gasteiger partial charge in [-0.05, 0) is 6.92 Å². The molecular formula is C12H21N2O5+. The van der Waals surface area contributed by atoms with E-state index < -0.39 is 6.09 Å². The first-order valence-electron chi connectivity index (χ1n) is 6.30. The zero-order valence-corrected chi connectivity index (χ0v) is 11.5. The van der Waals surface area contributed by atoms with Gasteiger partial charge in [-0.2, -0.15) is 0 Å². The van der Waals surface area contributed by atoms with Crippen LogP contribution >= 0.6 is 0 Å². The van der Waals surface area contributed by atoms with Crippen LogP contribution in [-0.2, 0) is 19.1 Å². The fourth-order valence-electron chi connectivity index (χ4n) is 2.27. The van der Waals surface area contributed by atoms with Gasteiger partial charge in [0.25, 0.3) is 5.91 Å². The minimum absolute atomic E-state index is 0.0791. The highest BCUT2D eigenvalue weighted by molar-refractivity contribution is 5.93. The summed E-state index contributed by atoms with van der Waals surface area (Å²) in [6, 6.07) is -0.349. The number of amides is 2. The highest BCUT2D eigenvalue weighted by Gasteiger charge is 2.33. The Labute approximate surface area is 112 Å². The Bertz CT molecular complexity index is 350. The predicted octanol–water partition coefficient (Wildman–Crippen LogP) is -1.27. The van der Waals surface area contributed by atoms with Crippen molar-refractivity contribution in [1.29, 1.82) is 0 Å². The number of quaternary nitrogens is 1. The minimum atomic E-state index is -0.749. The van der Waals surface area contributed by atoms with E-state index in [0.717, 1.165) is 4.90 Å². The first kappa shape index (κ1) is 15.4. The van der Waals surface area contributed by atoms with Crippen molar-refractivity contribution in [1.82, 2.24) is 5.32 Å². The maximum atomic E-state index is 11.8. The van der Waals surface area contributed by atoms with Gasteiger partial charge in [-0.3, -0.25) is 14.9 Å². The van der Waals surface area contributed by atoms with Crippen LogP contribution in [0.3, 0.4) is 0 Å². The number of carbonyl (C=O) groups excluding carboxylic acids is 3. The summed E-state index contributed by atoms with van der Waals surface area (Å²) in [4.78, 5) is 35.2. The monoisotopic (exact) mass is 273 g/mol. The maximum absolute atomic E-state index is 11.8. The molecule has 0 spiro atoms. The summed E-state index contributed by atoms with van der Waals surface area (Å²) in [5.74, 6) is -0.631. The zero-order chi connectivity index (χ0) is 14.4. The number of nitrogens with one attached hydrogen (secondary N) is 2. The molecule has 1 fully saturated rings. The van der Waals surface area contributed by atoms with Crippen LogP contribution in [0.15, 0.2) is 0 Å². The second-order valence-electron chi connectivity index (χ2n) is 4.66. The topological polar surface area (TPSA) is 86.1 Å². The lowest BCUT2D eigenvalue weighted by Crippen LogP contribution is -3.17. The Morgan fingerprint density at radius 2 is 1.74 bits per heavy atom. The first-order chi connectivity index (χ1) is 8.99. The molecule has 1 rings (SSSR count). The Hall–Kier alpha value is -1.63.